The van der Waals surface area contributed by atoms with Gasteiger partial charge in [-0.2, -0.15) is 0 Å². The molecule has 308 valence electrons. The molecule has 0 aromatic rings. The molecule has 0 aromatic heterocycles. The average molecular weight is 780 g/mol. The van der Waals surface area contributed by atoms with Gasteiger partial charge in [0, 0.05) is 13.3 Å². The third-order valence-electron chi connectivity index (χ3n) is 10.4. The summed E-state index contributed by atoms with van der Waals surface area (Å²) < 4.78 is 27.7. The van der Waals surface area contributed by atoms with E-state index in [0.717, 1.165) is 13.8 Å². The maximum atomic E-state index is 13.3. The Bertz CT molecular complexity index is 1280. The van der Waals surface area contributed by atoms with Crippen molar-refractivity contribution in [2.75, 3.05) is 19.8 Å². The number of carboxylic acids is 1. The lowest BCUT2D eigenvalue weighted by molar-refractivity contribution is -0.458. The molecule has 0 bridgehead atoms. The Labute approximate surface area is 299 Å². The van der Waals surface area contributed by atoms with E-state index in [0.29, 0.717) is 0 Å². The predicted molar refractivity (Wildman–Crippen MR) is 161 cm³/mol. The summed E-state index contributed by atoms with van der Waals surface area (Å²) >= 11 is 0. The summed E-state index contributed by atoms with van der Waals surface area (Å²) in [6, 6.07) is -1.80. The molecule has 4 aliphatic rings. The molecule has 4 rings (SSSR count). The second-order valence-corrected chi connectivity index (χ2v) is 13.8. The van der Waals surface area contributed by atoms with Gasteiger partial charge in [0.15, 0.2) is 11.9 Å². The van der Waals surface area contributed by atoms with E-state index < -0.39 is 165 Å². The molecular formula is C29H49NO23. The Kier molecular flexibility index (Phi) is 13.5. The number of carbonyl (C=O) groups is 2. The fourth-order valence-electron chi connectivity index (χ4n) is 7.38. The van der Waals surface area contributed by atoms with Gasteiger partial charge in [0.05, 0.1) is 38.1 Å². The Morgan fingerprint density at radius 1 is 0.830 bits per heavy atom. The molecule has 3 unspecified atom stereocenters. The third kappa shape index (κ3) is 7.30. The van der Waals surface area contributed by atoms with Crippen molar-refractivity contribution in [1.29, 1.82) is 0 Å². The summed E-state index contributed by atoms with van der Waals surface area (Å²) in [6.45, 7) is -1.56. The topological polar surface area (TPSA) is 416 Å². The van der Waals surface area contributed by atoms with E-state index in [-0.39, 0.29) is 0 Å². The zero-order valence-corrected chi connectivity index (χ0v) is 28.2. The van der Waals surface area contributed by atoms with Crippen molar-refractivity contribution < 1.29 is 115 Å². The van der Waals surface area contributed by atoms with Gasteiger partial charge in [-0.05, 0) is 6.92 Å². The maximum Gasteiger partial charge on any atom is 0.341 e. The van der Waals surface area contributed by atoms with Crippen molar-refractivity contribution >= 4 is 11.9 Å². The first-order chi connectivity index (χ1) is 24.6. The number of hydrogen-bond acceptors (Lipinski definition) is 22. The van der Waals surface area contributed by atoms with E-state index in [1.54, 1.807) is 0 Å². The first-order valence-corrected chi connectivity index (χ1v) is 16.5. The molecule has 4 saturated heterocycles. The summed E-state index contributed by atoms with van der Waals surface area (Å²) in [5.74, 6) is -7.21. The highest BCUT2D eigenvalue weighted by atomic mass is 16.7. The number of aliphatic carboxylic acids is 1. The molecule has 21 atom stereocenters. The van der Waals surface area contributed by atoms with E-state index in [1.165, 1.54) is 0 Å². The Morgan fingerprint density at radius 3 is 1.94 bits per heavy atom. The smallest absolute Gasteiger partial charge is 0.341 e. The van der Waals surface area contributed by atoms with Gasteiger partial charge in [0.25, 0.3) is 0 Å². The number of amides is 1. The number of hydrogen-bond donors (Lipinski definition) is 17. The normalized spacial score (nSPS) is 50.6. The summed E-state index contributed by atoms with van der Waals surface area (Å²) in [6.07, 6.45) is -39.3. The number of aliphatic hydroxyl groups excluding tert-OH is 13. The zero-order chi connectivity index (χ0) is 40.1. The molecular weight excluding hydrogens is 730 g/mol. The monoisotopic (exact) mass is 779 g/mol. The second kappa shape index (κ2) is 16.3. The lowest BCUT2D eigenvalue weighted by Crippen LogP contribution is -2.86. The van der Waals surface area contributed by atoms with Crippen LogP contribution in [0.25, 0.3) is 0 Å². The van der Waals surface area contributed by atoms with E-state index in [9.17, 15) is 91.3 Å². The molecule has 17 N–H and O–H groups in total. The summed E-state index contributed by atoms with van der Waals surface area (Å²) in [5.41, 5.74) is -7.25. The van der Waals surface area contributed by atoms with Crippen LogP contribution in [0.1, 0.15) is 20.3 Å². The fourth-order valence-corrected chi connectivity index (χ4v) is 7.38. The highest BCUT2D eigenvalue weighted by molar-refractivity contribution is 5.80. The van der Waals surface area contributed by atoms with E-state index in [2.05, 4.69) is 5.32 Å². The van der Waals surface area contributed by atoms with E-state index in [1.807, 2.05) is 0 Å². The van der Waals surface area contributed by atoms with Crippen molar-refractivity contribution in [3.05, 3.63) is 0 Å². The minimum Gasteiger partial charge on any atom is -0.479 e. The third-order valence-corrected chi connectivity index (χ3v) is 10.4. The van der Waals surface area contributed by atoms with Crippen LogP contribution in [-0.4, -0.2) is 240 Å². The van der Waals surface area contributed by atoms with Crippen molar-refractivity contribution in [3.8, 4) is 0 Å². The molecule has 4 heterocycles. The Morgan fingerprint density at radius 2 is 1.42 bits per heavy atom. The molecule has 4 fully saturated rings. The van der Waals surface area contributed by atoms with Gasteiger partial charge >= 0.3 is 5.97 Å². The van der Waals surface area contributed by atoms with E-state index >= 15 is 0 Å². The van der Waals surface area contributed by atoms with Crippen molar-refractivity contribution in [2.45, 2.75) is 147 Å². The van der Waals surface area contributed by atoms with Crippen molar-refractivity contribution in [3.63, 3.8) is 0 Å². The standard InChI is InChI=1S/C29H49NO23/c1-7-14(37)17(40)19(42)23(49-7)28(47)22(51-24-20(43)18(41)16(39)11(5-32)50-24)12(6-33)52-29(48,25(28)44)27(26(45)46)3-9(35)13(30-8(2)34)21(53-27)15(38)10(36)4-31/h7,9-25,31-33,35-44,47-48H,3-6H2,1-2H3,(H,30,34)(H,45,46)/t7-,9-,10+,11+,12+,13+,14+,15+,16-,17+,18-,19-,20+,21+,22+,23?,24-,25+,27?,28+,29?/m0/s1. The van der Waals surface area contributed by atoms with Gasteiger partial charge in [-0.15, -0.1) is 0 Å². The van der Waals surface area contributed by atoms with Crippen LogP contribution in [0.15, 0.2) is 0 Å². The highest BCUT2D eigenvalue weighted by Crippen LogP contribution is 2.51. The van der Waals surface area contributed by atoms with Crippen LogP contribution in [0.4, 0.5) is 0 Å². The lowest BCUT2D eigenvalue weighted by atomic mass is 9.66. The van der Waals surface area contributed by atoms with Crippen LogP contribution in [0.2, 0.25) is 0 Å². The first kappa shape index (κ1) is 43.9. The average Bonchev–Trinajstić information content (AvgIpc) is 3.11. The van der Waals surface area contributed by atoms with Gasteiger partial charge in [-0.3, -0.25) is 4.79 Å². The lowest BCUT2D eigenvalue weighted by Gasteiger charge is -2.62. The SMILES string of the molecule is CC(=O)N[C@H]1[C@H]([C@H](O)[C@H](O)CO)OC(C(=O)O)(C2(O)O[C@H](CO)[C@@H](O[C@@H]3O[C@H](CO)[C@H](O)[C@H](O)[C@H]3O)[C@@](O)(C3O[C@@H](C)[C@@H](O)[C@@H](O)[C@@H]3O)[C@H]2O)C[C@@H]1O. The molecule has 53 heavy (non-hydrogen) atoms. The van der Waals surface area contributed by atoms with Crippen LogP contribution < -0.4 is 5.32 Å². The molecule has 0 saturated carbocycles. The Balaban J connectivity index is 1.93. The maximum absolute atomic E-state index is 13.3. The van der Waals surface area contributed by atoms with Gasteiger partial charge < -0.3 is 111 Å². The van der Waals surface area contributed by atoms with Gasteiger partial charge in [0.2, 0.25) is 17.3 Å². The molecule has 0 aliphatic carbocycles. The summed E-state index contributed by atoms with van der Waals surface area (Å²) in [5, 5.41) is 175. The first-order valence-electron chi connectivity index (χ1n) is 16.5. The number of carbonyl (C=O) groups excluding carboxylic acids is 1. The highest BCUT2D eigenvalue weighted by Gasteiger charge is 2.78. The van der Waals surface area contributed by atoms with Crippen LogP contribution in [0.5, 0.6) is 0 Å². The number of carboxylic acid groups (broad SMARTS) is 1. The minimum absolute atomic E-state index is 0.884. The minimum atomic E-state index is -4.01. The molecule has 0 radical (unpaired) electrons. The fraction of sp³-hybridized carbons (Fsp3) is 0.931. The van der Waals surface area contributed by atoms with E-state index in [4.69, 9.17) is 23.7 Å². The summed E-state index contributed by atoms with van der Waals surface area (Å²) in [4.78, 5) is 25.3. The van der Waals surface area contributed by atoms with Crippen LogP contribution >= 0.6 is 0 Å². The summed E-state index contributed by atoms with van der Waals surface area (Å²) in [7, 11) is 0. The second-order valence-electron chi connectivity index (χ2n) is 13.8. The van der Waals surface area contributed by atoms with Crippen LogP contribution in [0.3, 0.4) is 0 Å². The van der Waals surface area contributed by atoms with Gasteiger partial charge in [0.1, 0.15) is 85.5 Å². The number of ether oxygens (including phenoxy) is 5. The van der Waals surface area contributed by atoms with Crippen LogP contribution in [-0.2, 0) is 33.3 Å². The molecule has 0 aromatic carbocycles. The molecule has 24 heteroatoms. The van der Waals surface area contributed by atoms with Gasteiger partial charge in [-0.25, -0.2) is 4.79 Å². The van der Waals surface area contributed by atoms with Crippen molar-refractivity contribution in [2.24, 2.45) is 0 Å². The quantitative estimate of drug-likeness (QED) is 0.0925. The van der Waals surface area contributed by atoms with Crippen molar-refractivity contribution in [1.82, 2.24) is 5.32 Å². The van der Waals surface area contributed by atoms with Gasteiger partial charge in [-0.1, -0.05) is 0 Å². The molecule has 1 amide bonds. The zero-order valence-electron chi connectivity index (χ0n) is 28.2. The largest absolute Gasteiger partial charge is 0.479 e. The van der Waals surface area contributed by atoms with Crippen LogP contribution in [0, 0.1) is 0 Å². The number of aliphatic hydroxyl groups is 15. The number of rotatable bonds is 11. The Hall–Kier alpha value is -1.86. The predicted octanol–water partition coefficient (Wildman–Crippen LogP) is -10.6. The molecule has 0 spiro atoms. The molecule has 4 aliphatic heterocycles. The number of nitrogens with one attached hydrogen (secondary N) is 1. The molecule has 24 nitrogen and oxygen atoms in total.